The van der Waals surface area contributed by atoms with Gasteiger partial charge in [0.1, 0.15) is 5.82 Å². The molecule has 166 valence electrons. The van der Waals surface area contributed by atoms with Crippen LogP contribution in [0.3, 0.4) is 0 Å². The second-order valence-corrected chi connectivity index (χ2v) is 11.1. The monoisotopic (exact) mass is 442 g/mol. The highest BCUT2D eigenvalue weighted by molar-refractivity contribution is 7.91. The third kappa shape index (κ3) is 4.61. The van der Waals surface area contributed by atoms with Crippen molar-refractivity contribution in [1.29, 1.82) is 0 Å². The lowest BCUT2D eigenvalue weighted by Crippen LogP contribution is -2.32. The largest absolute Gasteiger partial charge is 0.381 e. The van der Waals surface area contributed by atoms with E-state index in [1.807, 2.05) is 0 Å². The van der Waals surface area contributed by atoms with Crippen molar-refractivity contribution in [3.63, 3.8) is 0 Å². The molecule has 31 heavy (non-hydrogen) atoms. The minimum atomic E-state index is -3.63. The normalized spacial score (nSPS) is 25.5. The van der Waals surface area contributed by atoms with Crippen LogP contribution in [-0.4, -0.2) is 62.4 Å². The third-order valence-corrected chi connectivity index (χ3v) is 8.67. The molecule has 3 heterocycles. The van der Waals surface area contributed by atoms with Crippen molar-refractivity contribution in [2.75, 3.05) is 38.2 Å². The molecular formula is C23H30N4O3S. The zero-order chi connectivity index (χ0) is 21.3. The fourth-order valence-electron chi connectivity index (χ4n) is 5.43. The van der Waals surface area contributed by atoms with Gasteiger partial charge in [-0.25, -0.2) is 8.42 Å². The quantitative estimate of drug-likeness (QED) is 0.736. The first-order valence-electron chi connectivity index (χ1n) is 11.3. The predicted molar refractivity (Wildman–Crippen MR) is 118 cm³/mol. The van der Waals surface area contributed by atoms with Crippen molar-refractivity contribution in [3.8, 4) is 0 Å². The summed E-state index contributed by atoms with van der Waals surface area (Å²) in [5.41, 5.74) is 0. The first kappa shape index (κ1) is 20.8. The van der Waals surface area contributed by atoms with Crippen LogP contribution in [0, 0.1) is 17.8 Å². The maximum absolute atomic E-state index is 12.7. The second-order valence-electron chi connectivity index (χ2n) is 9.18. The summed E-state index contributed by atoms with van der Waals surface area (Å²) in [5.74, 6) is 2.92. The van der Waals surface area contributed by atoms with E-state index in [4.69, 9.17) is 4.74 Å². The summed E-state index contributed by atoms with van der Waals surface area (Å²) in [5, 5.41) is 11.6. The van der Waals surface area contributed by atoms with E-state index in [9.17, 15) is 8.42 Å². The summed E-state index contributed by atoms with van der Waals surface area (Å²) in [4.78, 5) is 2.89. The molecule has 2 atom stereocenters. The lowest BCUT2D eigenvalue weighted by Gasteiger charge is -2.27. The van der Waals surface area contributed by atoms with E-state index in [2.05, 4.69) is 20.4 Å². The minimum absolute atomic E-state index is 0.0173. The lowest BCUT2D eigenvalue weighted by molar-refractivity contribution is 0.0545. The number of nitrogens with zero attached hydrogens (tertiary/aromatic N) is 3. The molecule has 0 unspecified atom stereocenters. The molecule has 2 aliphatic heterocycles. The molecule has 1 saturated carbocycles. The van der Waals surface area contributed by atoms with Crippen LogP contribution < -0.4 is 5.32 Å². The van der Waals surface area contributed by atoms with Gasteiger partial charge in [-0.05, 0) is 67.7 Å². The summed E-state index contributed by atoms with van der Waals surface area (Å²) in [6.45, 7) is 5.45. The summed E-state index contributed by atoms with van der Waals surface area (Å²) < 4.78 is 30.8. The number of rotatable bonds is 6. The fraction of sp³-hybridized carbons (Fsp3) is 0.565. The van der Waals surface area contributed by atoms with Gasteiger partial charge >= 0.3 is 0 Å². The first-order chi connectivity index (χ1) is 15.1. The molecule has 3 aliphatic rings. The van der Waals surface area contributed by atoms with Gasteiger partial charge in [0.15, 0.2) is 5.03 Å². The molecule has 7 nitrogen and oxygen atoms in total. The highest BCUT2D eigenvalue weighted by Crippen LogP contribution is 2.39. The van der Waals surface area contributed by atoms with Crippen LogP contribution in [0.4, 0.5) is 5.82 Å². The van der Waals surface area contributed by atoms with Gasteiger partial charge in [-0.15, -0.1) is 10.2 Å². The Morgan fingerprint density at radius 3 is 2.32 bits per heavy atom. The smallest absolute Gasteiger partial charge is 0.225 e. The Balaban J connectivity index is 1.15. The van der Waals surface area contributed by atoms with E-state index in [0.717, 1.165) is 43.8 Å². The molecule has 5 rings (SSSR count). The molecule has 1 N–H and O–H groups in total. The first-order valence-corrected chi connectivity index (χ1v) is 12.8. The van der Waals surface area contributed by atoms with Crippen LogP contribution in [0.1, 0.15) is 25.7 Å². The summed E-state index contributed by atoms with van der Waals surface area (Å²) in [7, 11) is -3.63. The number of hydrogen-bond donors (Lipinski definition) is 1. The van der Waals surface area contributed by atoms with Crippen molar-refractivity contribution in [2.24, 2.45) is 17.8 Å². The second kappa shape index (κ2) is 8.84. The van der Waals surface area contributed by atoms with Crippen LogP contribution in [0.2, 0.25) is 0 Å². The third-order valence-electron chi connectivity index (χ3n) is 7.00. The molecule has 3 fully saturated rings. The number of anilines is 1. The number of likely N-dealkylation sites (tertiary alicyclic amines) is 1. The zero-order valence-corrected chi connectivity index (χ0v) is 18.5. The summed E-state index contributed by atoms with van der Waals surface area (Å²) in [6.07, 6.45) is 4.68. The Morgan fingerprint density at radius 2 is 1.68 bits per heavy atom. The Hall–Kier alpha value is -2.03. The van der Waals surface area contributed by atoms with Gasteiger partial charge in [-0.3, -0.25) is 0 Å². The summed E-state index contributed by atoms with van der Waals surface area (Å²) >= 11 is 0. The number of ether oxygens (including phenoxy) is 1. The molecule has 0 bridgehead atoms. The number of fused-ring (bicyclic) bond motifs is 1. The molecule has 1 aromatic heterocycles. The van der Waals surface area contributed by atoms with Crippen LogP contribution in [0.15, 0.2) is 52.4 Å². The van der Waals surface area contributed by atoms with E-state index in [-0.39, 0.29) is 9.92 Å². The van der Waals surface area contributed by atoms with E-state index in [1.54, 1.807) is 42.5 Å². The fourth-order valence-corrected chi connectivity index (χ4v) is 6.58. The number of sulfone groups is 1. The molecule has 0 amide bonds. The van der Waals surface area contributed by atoms with Crippen LogP contribution in [0.5, 0.6) is 0 Å². The van der Waals surface area contributed by atoms with Crippen molar-refractivity contribution >= 4 is 15.7 Å². The van der Waals surface area contributed by atoms with Gasteiger partial charge in [0.2, 0.25) is 9.84 Å². The summed E-state index contributed by atoms with van der Waals surface area (Å²) in [6, 6.07) is 12.0. The molecular weight excluding hydrogens is 412 g/mol. The Labute approximate surface area is 184 Å². The maximum Gasteiger partial charge on any atom is 0.225 e. The van der Waals surface area contributed by atoms with E-state index < -0.39 is 9.84 Å². The Morgan fingerprint density at radius 1 is 0.968 bits per heavy atom. The van der Waals surface area contributed by atoms with Gasteiger partial charge in [0.25, 0.3) is 0 Å². The Kier molecular flexibility index (Phi) is 5.95. The molecule has 0 radical (unpaired) electrons. The molecule has 1 aromatic carbocycles. The van der Waals surface area contributed by atoms with Gasteiger partial charge in [-0.2, -0.15) is 0 Å². The molecule has 8 heteroatoms. The zero-order valence-electron chi connectivity index (χ0n) is 17.7. The van der Waals surface area contributed by atoms with Gasteiger partial charge in [0.05, 0.1) is 4.90 Å². The lowest BCUT2D eigenvalue weighted by atomic mass is 10.00. The van der Waals surface area contributed by atoms with Crippen molar-refractivity contribution in [1.82, 2.24) is 15.1 Å². The highest BCUT2D eigenvalue weighted by atomic mass is 32.2. The van der Waals surface area contributed by atoms with Crippen molar-refractivity contribution in [2.45, 2.75) is 41.6 Å². The minimum Gasteiger partial charge on any atom is -0.381 e. The molecule has 2 saturated heterocycles. The number of aromatic nitrogens is 2. The number of benzene rings is 1. The van der Waals surface area contributed by atoms with Gasteiger partial charge < -0.3 is 15.0 Å². The SMILES string of the molecule is O=S(=O)(c1ccccc1)c1ccc(NC2C[C@@H]3CN(CC4CCOCC4)C[C@H]3C2)nn1. The topological polar surface area (TPSA) is 84.4 Å². The van der Waals surface area contributed by atoms with Crippen molar-refractivity contribution < 1.29 is 13.2 Å². The van der Waals surface area contributed by atoms with Gasteiger partial charge in [0, 0.05) is 38.9 Å². The van der Waals surface area contributed by atoms with E-state index in [1.165, 1.54) is 32.5 Å². The molecule has 2 aromatic rings. The number of nitrogens with one attached hydrogen (secondary N) is 1. The highest BCUT2D eigenvalue weighted by Gasteiger charge is 2.41. The van der Waals surface area contributed by atoms with Crippen LogP contribution in [-0.2, 0) is 14.6 Å². The van der Waals surface area contributed by atoms with Crippen molar-refractivity contribution in [3.05, 3.63) is 42.5 Å². The Bertz CT molecular complexity index is 964. The average Bonchev–Trinajstić information content (AvgIpc) is 3.33. The maximum atomic E-state index is 12.7. The molecule has 1 aliphatic carbocycles. The van der Waals surface area contributed by atoms with E-state index in [0.29, 0.717) is 11.9 Å². The van der Waals surface area contributed by atoms with Crippen LogP contribution >= 0.6 is 0 Å². The average molecular weight is 443 g/mol. The van der Waals surface area contributed by atoms with E-state index >= 15 is 0 Å². The standard InChI is InChI=1S/C23H30N4O3S/c28-31(29,21-4-2-1-3-5-21)23-7-6-22(25-26-23)24-20-12-18-15-27(16-19(18)13-20)14-17-8-10-30-11-9-17/h1-7,17-20H,8-16H2,(H,24,25)/t18-,19-/m1/s1. The van der Waals surface area contributed by atoms with Crippen LogP contribution in [0.25, 0.3) is 0 Å². The number of hydrogen-bond acceptors (Lipinski definition) is 7. The predicted octanol–water partition coefficient (Wildman–Crippen LogP) is 2.86. The van der Waals surface area contributed by atoms with Gasteiger partial charge in [-0.1, -0.05) is 18.2 Å². The molecule has 0 spiro atoms.